The zero-order valence-corrected chi connectivity index (χ0v) is 9.18. The number of rotatable bonds is 3. The van der Waals surface area contributed by atoms with Crippen molar-refractivity contribution in [2.24, 2.45) is 0 Å². The largest absolute Gasteiger partial charge is 0.338 e. The minimum absolute atomic E-state index is 0.0683. The molecule has 14 heavy (non-hydrogen) atoms. The minimum atomic E-state index is 0.0683. The Bertz CT molecular complexity index is 178. The zero-order chi connectivity index (χ0) is 10.4. The first-order valence-corrected chi connectivity index (χ1v) is 5.47. The van der Waals surface area contributed by atoms with Gasteiger partial charge < -0.3 is 15.5 Å². The van der Waals surface area contributed by atoms with E-state index in [0.29, 0.717) is 6.04 Å². The van der Waals surface area contributed by atoms with Crippen LogP contribution in [0, 0.1) is 0 Å². The van der Waals surface area contributed by atoms with Crippen molar-refractivity contribution < 1.29 is 4.79 Å². The minimum Gasteiger partial charge on any atom is -0.338 e. The van der Waals surface area contributed by atoms with Gasteiger partial charge in [-0.15, -0.1) is 0 Å². The van der Waals surface area contributed by atoms with Crippen molar-refractivity contribution in [3.05, 3.63) is 0 Å². The van der Waals surface area contributed by atoms with Crippen molar-refractivity contribution in [1.82, 2.24) is 15.5 Å². The highest BCUT2D eigenvalue weighted by Crippen LogP contribution is 2.09. The quantitative estimate of drug-likeness (QED) is 0.706. The third kappa shape index (κ3) is 3.18. The topological polar surface area (TPSA) is 44.4 Å². The molecule has 1 heterocycles. The van der Waals surface area contributed by atoms with E-state index in [4.69, 9.17) is 0 Å². The van der Waals surface area contributed by atoms with Gasteiger partial charge in [0.05, 0.1) is 0 Å². The van der Waals surface area contributed by atoms with Crippen LogP contribution in [0.25, 0.3) is 0 Å². The maximum absolute atomic E-state index is 11.6. The van der Waals surface area contributed by atoms with Crippen LogP contribution in [0.1, 0.15) is 26.2 Å². The Hall–Kier alpha value is -0.770. The number of hydrogen-bond acceptors (Lipinski definition) is 2. The first-order valence-electron chi connectivity index (χ1n) is 5.47. The van der Waals surface area contributed by atoms with Crippen LogP contribution in [-0.4, -0.2) is 43.7 Å². The van der Waals surface area contributed by atoms with Crippen molar-refractivity contribution in [2.75, 3.05) is 26.7 Å². The lowest BCUT2D eigenvalue weighted by molar-refractivity contribution is 0.177. The maximum Gasteiger partial charge on any atom is 0.317 e. The molecule has 0 aromatic heterocycles. The lowest BCUT2D eigenvalue weighted by atomic mass is 10.1. The van der Waals surface area contributed by atoms with Gasteiger partial charge in [-0.1, -0.05) is 6.92 Å². The monoisotopic (exact) mass is 199 g/mol. The van der Waals surface area contributed by atoms with Gasteiger partial charge in [-0.3, -0.25) is 0 Å². The van der Waals surface area contributed by atoms with Crippen LogP contribution in [0.15, 0.2) is 0 Å². The van der Waals surface area contributed by atoms with Crippen molar-refractivity contribution in [2.45, 2.75) is 32.2 Å². The smallest absolute Gasteiger partial charge is 0.317 e. The molecule has 82 valence electrons. The number of amides is 2. The summed E-state index contributed by atoms with van der Waals surface area (Å²) in [4.78, 5) is 13.4. The summed E-state index contributed by atoms with van der Waals surface area (Å²) in [5.74, 6) is 0. The molecule has 0 aromatic rings. The molecular formula is C10H21N3O. The molecule has 0 unspecified atom stereocenters. The highest BCUT2D eigenvalue weighted by Gasteiger charge is 2.20. The normalized spacial score (nSPS) is 17.9. The van der Waals surface area contributed by atoms with E-state index in [2.05, 4.69) is 17.6 Å². The molecule has 4 nitrogen and oxygen atoms in total. The van der Waals surface area contributed by atoms with Crippen LogP contribution in [0.2, 0.25) is 0 Å². The van der Waals surface area contributed by atoms with Crippen molar-refractivity contribution in [1.29, 1.82) is 0 Å². The van der Waals surface area contributed by atoms with Gasteiger partial charge in [0.2, 0.25) is 0 Å². The first kappa shape index (κ1) is 11.3. The van der Waals surface area contributed by atoms with Gasteiger partial charge in [-0.25, -0.2) is 4.79 Å². The van der Waals surface area contributed by atoms with Crippen molar-refractivity contribution >= 4 is 6.03 Å². The molecule has 0 atom stereocenters. The maximum atomic E-state index is 11.6. The molecule has 4 heteroatoms. The molecule has 0 spiro atoms. The molecule has 0 bridgehead atoms. The summed E-state index contributed by atoms with van der Waals surface area (Å²) in [7, 11) is 1.89. The van der Waals surface area contributed by atoms with Crippen LogP contribution >= 0.6 is 0 Å². The molecule has 1 rings (SSSR count). The summed E-state index contributed by atoms with van der Waals surface area (Å²) in [6.07, 6.45) is 3.12. The number of nitrogens with one attached hydrogen (secondary N) is 2. The van der Waals surface area contributed by atoms with Crippen LogP contribution in [-0.2, 0) is 0 Å². The molecule has 0 aromatic carbocycles. The Balaban J connectivity index is 2.30. The van der Waals surface area contributed by atoms with E-state index in [-0.39, 0.29) is 6.03 Å². The van der Waals surface area contributed by atoms with E-state index in [9.17, 15) is 4.79 Å². The molecule has 0 aliphatic carbocycles. The number of piperidine rings is 1. The van der Waals surface area contributed by atoms with Crippen molar-refractivity contribution in [3.8, 4) is 0 Å². The number of carbonyl (C=O) groups excluding carboxylic acids is 1. The van der Waals surface area contributed by atoms with E-state index in [1.165, 1.54) is 0 Å². The average molecular weight is 199 g/mol. The van der Waals surface area contributed by atoms with Gasteiger partial charge >= 0.3 is 6.03 Å². The molecule has 1 aliphatic rings. The number of urea groups is 1. The lowest BCUT2D eigenvalue weighted by Crippen LogP contribution is -2.47. The van der Waals surface area contributed by atoms with Gasteiger partial charge in [-0.2, -0.15) is 0 Å². The second-order valence-corrected chi connectivity index (χ2v) is 3.82. The summed E-state index contributed by atoms with van der Waals surface area (Å²) in [6.45, 7) is 4.88. The standard InChI is InChI=1S/C10H21N3O/c1-3-6-12-10(14)13(2)9-4-7-11-8-5-9/h9,11H,3-8H2,1-2H3,(H,12,14). The molecule has 0 radical (unpaired) electrons. The Morgan fingerprint density at radius 1 is 1.50 bits per heavy atom. The molecule has 1 saturated heterocycles. The summed E-state index contributed by atoms with van der Waals surface area (Å²) in [5.41, 5.74) is 0. The van der Waals surface area contributed by atoms with E-state index in [1.807, 2.05) is 11.9 Å². The van der Waals surface area contributed by atoms with Crippen molar-refractivity contribution in [3.63, 3.8) is 0 Å². The fraction of sp³-hybridized carbons (Fsp3) is 0.900. The molecule has 1 fully saturated rings. The highest BCUT2D eigenvalue weighted by atomic mass is 16.2. The van der Waals surface area contributed by atoms with Gasteiger partial charge in [0.15, 0.2) is 0 Å². The molecular weight excluding hydrogens is 178 g/mol. The summed E-state index contributed by atoms with van der Waals surface area (Å²) in [5, 5.41) is 6.19. The predicted molar refractivity (Wildman–Crippen MR) is 57.3 cm³/mol. The molecule has 1 aliphatic heterocycles. The Morgan fingerprint density at radius 2 is 2.14 bits per heavy atom. The third-order valence-corrected chi connectivity index (χ3v) is 2.70. The highest BCUT2D eigenvalue weighted by molar-refractivity contribution is 5.74. The Labute approximate surface area is 86.0 Å². The first-order chi connectivity index (χ1) is 6.75. The molecule has 2 amide bonds. The zero-order valence-electron chi connectivity index (χ0n) is 9.18. The predicted octanol–water partition coefficient (Wildman–Crippen LogP) is 0.790. The fourth-order valence-electron chi connectivity index (χ4n) is 1.72. The number of carbonyl (C=O) groups is 1. The summed E-state index contributed by atoms with van der Waals surface area (Å²) >= 11 is 0. The number of nitrogens with zero attached hydrogens (tertiary/aromatic N) is 1. The second-order valence-electron chi connectivity index (χ2n) is 3.82. The molecule has 0 saturated carbocycles. The van der Waals surface area contributed by atoms with E-state index in [1.54, 1.807) is 0 Å². The lowest BCUT2D eigenvalue weighted by Gasteiger charge is -2.31. The SMILES string of the molecule is CCCNC(=O)N(C)C1CCNCC1. The Kier molecular flexibility index (Phi) is 4.73. The Morgan fingerprint density at radius 3 is 2.71 bits per heavy atom. The van der Waals surface area contributed by atoms with Gasteiger partial charge in [0.1, 0.15) is 0 Å². The summed E-state index contributed by atoms with van der Waals surface area (Å²) < 4.78 is 0. The van der Waals surface area contributed by atoms with Crippen LogP contribution in [0.5, 0.6) is 0 Å². The van der Waals surface area contributed by atoms with Gasteiger partial charge in [-0.05, 0) is 32.4 Å². The molecule has 2 N–H and O–H groups in total. The average Bonchev–Trinajstić information content (AvgIpc) is 2.26. The van der Waals surface area contributed by atoms with E-state index >= 15 is 0 Å². The summed E-state index contributed by atoms with van der Waals surface area (Å²) in [6, 6.07) is 0.479. The van der Waals surface area contributed by atoms with E-state index < -0.39 is 0 Å². The van der Waals surface area contributed by atoms with E-state index in [0.717, 1.165) is 38.9 Å². The third-order valence-electron chi connectivity index (χ3n) is 2.70. The second kappa shape index (κ2) is 5.86. The van der Waals surface area contributed by atoms with Gasteiger partial charge in [0, 0.05) is 19.6 Å². The van der Waals surface area contributed by atoms with Crippen LogP contribution in [0.3, 0.4) is 0 Å². The van der Waals surface area contributed by atoms with Crippen LogP contribution in [0.4, 0.5) is 4.79 Å². The van der Waals surface area contributed by atoms with Crippen LogP contribution < -0.4 is 10.6 Å². The van der Waals surface area contributed by atoms with Gasteiger partial charge in [0.25, 0.3) is 0 Å². The number of hydrogen-bond donors (Lipinski definition) is 2. The fourth-order valence-corrected chi connectivity index (χ4v) is 1.72.